The van der Waals surface area contributed by atoms with Crippen molar-refractivity contribution < 1.29 is 4.79 Å². The Morgan fingerprint density at radius 3 is 2.55 bits per heavy atom. The van der Waals surface area contributed by atoms with E-state index in [1.165, 1.54) is 5.56 Å². The van der Waals surface area contributed by atoms with Crippen LogP contribution >= 0.6 is 0 Å². The molecule has 3 heteroatoms. The maximum atomic E-state index is 12.5. The number of rotatable bonds is 4. The first-order valence-corrected chi connectivity index (χ1v) is 7.02. The van der Waals surface area contributed by atoms with Crippen LogP contribution in [-0.2, 0) is 4.79 Å². The van der Waals surface area contributed by atoms with Crippen molar-refractivity contribution in [2.45, 2.75) is 31.7 Å². The first-order valence-electron chi connectivity index (χ1n) is 7.02. The fourth-order valence-corrected chi connectivity index (χ4v) is 2.27. The van der Waals surface area contributed by atoms with E-state index in [0.29, 0.717) is 6.04 Å². The predicted molar refractivity (Wildman–Crippen MR) is 78.4 cm³/mol. The summed E-state index contributed by atoms with van der Waals surface area (Å²) in [6, 6.07) is 14.2. The molecule has 1 saturated carbocycles. The molecule has 1 amide bonds. The van der Waals surface area contributed by atoms with E-state index in [9.17, 15) is 4.79 Å². The largest absolute Gasteiger partial charge is 0.352 e. The lowest BCUT2D eigenvalue weighted by molar-refractivity contribution is -0.121. The molecule has 0 radical (unpaired) electrons. The van der Waals surface area contributed by atoms with E-state index in [0.717, 1.165) is 24.1 Å². The first kappa shape index (κ1) is 12.9. The average molecular weight is 266 g/mol. The van der Waals surface area contributed by atoms with Crippen LogP contribution in [0.1, 0.15) is 35.6 Å². The zero-order chi connectivity index (χ0) is 13.9. The molecule has 0 aliphatic heterocycles. The summed E-state index contributed by atoms with van der Waals surface area (Å²) in [6.07, 6.45) is 3.92. The van der Waals surface area contributed by atoms with Crippen LogP contribution in [-0.4, -0.2) is 16.9 Å². The van der Waals surface area contributed by atoms with Crippen LogP contribution in [0.2, 0.25) is 0 Å². The molecule has 1 aromatic heterocycles. The van der Waals surface area contributed by atoms with Crippen LogP contribution in [0.5, 0.6) is 0 Å². The second-order valence-electron chi connectivity index (χ2n) is 5.38. The maximum absolute atomic E-state index is 12.5. The zero-order valence-electron chi connectivity index (χ0n) is 11.5. The van der Waals surface area contributed by atoms with Gasteiger partial charge in [0.2, 0.25) is 5.91 Å². The number of hydrogen-bond donors (Lipinski definition) is 1. The molecule has 0 bridgehead atoms. The van der Waals surface area contributed by atoms with Gasteiger partial charge in [0.15, 0.2) is 0 Å². The second kappa shape index (κ2) is 5.45. The van der Waals surface area contributed by atoms with Crippen molar-refractivity contribution in [1.29, 1.82) is 0 Å². The number of benzene rings is 1. The minimum atomic E-state index is -0.322. The Kier molecular flexibility index (Phi) is 3.50. The van der Waals surface area contributed by atoms with Gasteiger partial charge in [0.05, 0.1) is 5.69 Å². The number of hydrogen-bond acceptors (Lipinski definition) is 2. The summed E-state index contributed by atoms with van der Waals surface area (Å²) in [7, 11) is 0. The Bertz CT molecular complexity index is 588. The predicted octanol–water partition coefficient (Wildman–Crippen LogP) is 2.80. The quantitative estimate of drug-likeness (QED) is 0.924. The molecule has 1 heterocycles. The molecule has 2 aromatic rings. The number of carbonyl (C=O) groups excluding carboxylic acids is 1. The van der Waals surface area contributed by atoms with Gasteiger partial charge in [-0.3, -0.25) is 9.78 Å². The van der Waals surface area contributed by atoms with Crippen molar-refractivity contribution in [2.75, 3.05) is 0 Å². The van der Waals surface area contributed by atoms with E-state index in [-0.39, 0.29) is 11.8 Å². The lowest BCUT2D eigenvalue weighted by Gasteiger charge is -2.17. The summed E-state index contributed by atoms with van der Waals surface area (Å²) in [6.45, 7) is 2.05. The van der Waals surface area contributed by atoms with Crippen molar-refractivity contribution in [3.05, 3.63) is 65.5 Å². The van der Waals surface area contributed by atoms with Gasteiger partial charge in [-0.05, 0) is 37.5 Å². The van der Waals surface area contributed by atoms with Crippen LogP contribution in [0.3, 0.4) is 0 Å². The summed E-state index contributed by atoms with van der Waals surface area (Å²) in [5.74, 6) is -0.271. The second-order valence-corrected chi connectivity index (χ2v) is 5.38. The van der Waals surface area contributed by atoms with Crippen molar-refractivity contribution in [3.63, 3.8) is 0 Å². The highest BCUT2D eigenvalue weighted by atomic mass is 16.2. The number of carbonyl (C=O) groups is 1. The van der Waals surface area contributed by atoms with E-state index >= 15 is 0 Å². The third-order valence-electron chi connectivity index (χ3n) is 3.58. The molecule has 1 N–H and O–H groups in total. The van der Waals surface area contributed by atoms with Gasteiger partial charge < -0.3 is 5.32 Å². The molecular formula is C17H18N2O. The van der Waals surface area contributed by atoms with Crippen LogP contribution in [0.25, 0.3) is 0 Å². The number of amides is 1. The van der Waals surface area contributed by atoms with Gasteiger partial charge >= 0.3 is 0 Å². The topological polar surface area (TPSA) is 42.0 Å². The van der Waals surface area contributed by atoms with Crippen LogP contribution in [0, 0.1) is 6.92 Å². The van der Waals surface area contributed by atoms with Crippen LogP contribution in [0.15, 0.2) is 48.7 Å². The molecule has 102 valence electrons. The summed E-state index contributed by atoms with van der Waals surface area (Å²) in [4.78, 5) is 16.9. The Morgan fingerprint density at radius 1 is 1.20 bits per heavy atom. The lowest BCUT2D eigenvalue weighted by Crippen LogP contribution is -2.32. The van der Waals surface area contributed by atoms with Gasteiger partial charge in [0, 0.05) is 12.2 Å². The van der Waals surface area contributed by atoms with E-state index in [4.69, 9.17) is 0 Å². The Morgan fingerprint density at radius 2 is 1.95 bits per heavy atom. The number of nitrogens with one attached hydrogen (secondary N) is 1. The normalized spacial score (nSPS) is 15.7. The summed E-state index contributed by atoms with van der Waals surface area (Å²) >= 11 is 0. The Hall–Kier alpha value is -2.16. The highest BCUT2D eigenvalue weighted by molar-refractivity contribution is 5.87. The lowest BCUT2D eigenvalue weighted by atomic mass is 9.93. The molecule has 0 saturated heterocycles. The molecule has 1 atom stereocenters. The third-order valence-corrected chi connectivity index (χ3v) is 3.58. The van der Waals surface area contributed by atoms with Gasteiger partial charge in [-0.15, -0.1) is 0 Å². The number of pyridine rings is 1. The SMILES string of the molecule is Cc1ccc(C(C(=O)NC2CC2)c2ccccn2)cc1. The fourth-order valence-electron chi connectivity index (χ4n) is 2.27. The monoisotopic (exact) mass is 266 g/mol. The molecule has 20 heavy (non-hydrogen) atoms. The highest BCUT2D eigenvalue weighted by Gasteiger charge is 2.29. The highest BCUT2D eigenvalue weighted by Crippen LogP contribution is 2.26. The molecule has 3 rings (SSSR count). The molecular weight excluding hydrogens is 248 g/mol. The molecule has 1 aliphatic carbocycles. The smallest absolute Gasteiger partial charge is 0.233 e. The standard InChI is InChI=1S/C17H18N2O/c1-12-5-7-13(8-6-12)16(15-4-2-3-11-18-15)17(20)19-14-9-10-14/h2-8,11,14,16H,9-10H2,1H3,(H,19,20). The number of aryl methyl sites for hydroxylation is 1. The molecule has 1 unspecified atom stereocenters. The van der Waals surface area contributed by atoms with Crippen molar-refractivity contribution >= 4 is 5.91 Å². The van der Waals surface area contributed by atoms with Gasteiger partial charge in [-0.1, -0.05) is 35.9 Å². The fraction of sp³-hybridized carbons (Fsp3) is 0.294. The molecule has 3 nitrogen and oxygen atoms in total. The summed E-state index contributed by atoms with van der Waals surface area (Å²) < 4.78 is 0. The molecule has 1 fully saturated rings. The third kappa shape index (κ3) is 2.87. The maximum Gasteiger partial charge on any atom is 0.233 e. The van der Waals surface area contributed by atoms with Gasteiger partial charge in [0.25, 0.3) is 0 Å². The van der Waals surface area contributed by atoms with E-state index in [1.807, 2.05) is 49.4 Å². The Labute approximate surface area is 119 Å². The summed E-state index contributed by atoms with van der Waals surface area (Å²) in [5, 5.41) is 3.09. The van der Waals surface area contributed by atoms with Crippen molar-refractivity contribution in [1.82, 2.24) is 10.3 Å². The first-order chi connectivity index (χ1) is 9.74. The van der Waals surface area contributed by atoms with E-state index in [2.05, 4.69) is 10.3 Å². The van der Waals surface area contributed by atoms with Crippen molar-refractivity contribution in [3.8, 4) is 0 Å². The molecule has 0 spiro atoms. The van der Waals surface area contributed by atoms with Gasteiger partial charge in [-0.25, -0.2) is 0 Å². The van der Waals surface area contributed by atoms with Crippen LogP contribution < -0.4 is 5.32 Å². The molecule has 1 aliphatic rings. The zero-order valence-corrected chi connectivity index (χ0v) is 11.5. The van der Waals surface area contributed by atoms with Crippen molar-refractivity contribution in [2.24, 2.45) is 0 Å². The van der Waals surface area contributed by atoms with Crippen LogP contribution in [0.4, 0.5) is 0 Å². The Balaban J connectivity index is 1.93. The van der Waals surface area contributed by atoms with E-state index in [1.54, 1.807) is 6.20 Å². The average Bonchev–Trinajstić information content (AvgIpc) is 3.26. The summed E-state index contributed by atoms with van der Waals surface area (Å²) in [5.41, 5.74) is 2.98. The van der Waals surface area contributed by atoms with E-state index < -0.39 is 0 Å². The molecule has 1 aromatic carbocycles. The number of aromatic nitrogens is 1. The van der Waals surface area contributed by atoms with Gasteiger partial charge in [-0.2, -0.15) is 0 Å². The minimum absolute atomic E-state index is 0.0510. The van der Waals surface area contributed by atoms with Gasteiger partial charge in [0.1, 0.15) is 5.92 Å². The number of nitrogens with zero attached hydrogens (tertiary/aromatic N) is 1. The minimum Gasteiger partial charge on any atom is -0.352 e.